The van der Waals surface area contributed by atoms with Crippen LogP contribution in [0.2, 0.25) is 6.04 Å². The van der Waals surface area contributed by atoms with Crippen molar-refractivity contribution in [2.24, 2.45) is 0 Å². The zero-order valence-corrected chi connectivity index (χ0v) is 22.0. The van der Waals surface area contributed by atoms with Gasteiger partial charge in [0.05, 0.1) is 0 Å². The second-order valence-electron chi connectivity index (χ2n) is 6.21. The summed E-state index contributed by atoms with van der Waals surface area (Å²) in [5.41, 5.74) is 0. The summed E-state index contributed by atoms with van der Waals surface area (Å²) in [6.45, 7) is 17.7. The minimum Gasteiger partial charge on any atom is -0.377 e. The Kier molecular flexibility index (Phi) is 16.5. The van der Waals surface area contributed by atoms with E-state index in [-0.39, 0.29) is 0 Å². The van der Waals surface area contributed by atoms with Gasteiger partial charge in [-0.15, -0.1) is 0 Å². The van der Waals surface area contributed by atoms with Crippen LogP contribution in [0.3, 0.4) is 0 Å². The molecule has 6 nitrogen and oxygen atoms in total. The second-order valence-corrected chi connectivity index (χ2v) is 22.2. The maximum atomic E-state index is 6.33. The molecule has 0 aliphatic heterocycles. The lowest BCUT2D eigenvalue weighted by Crippen LogP contribution is -2.74. The van der Waals surface area contributed by atoms with Crippen LogP contribution in [0.4, 0.5) is 0 Å². The fraction of sp³-hybridized carbons (Fsp3) is 1.00. The third-order valence-corrected chi connectivity index (χ3v) is 27.3. The molecule has 0 spiro atoms. The van der Waals surface area contributed by atoms with E-state index in [1.165, 1.54) is 19.3 Å². The zero-order valence-electron chi connectivity index (χ0n) is 18.8. The molecule has 0 radical (unpaired) electrons. The minimum absolute atomic E-state index is 0.569. The van der Waals surface area contributed by atoms with Gasteiger partial charge in [0.2, 0.25) is 7.83 Å². The summed E-state index contributed by atoms with van der Waals surface area (Å²) < 4.78 is 38.0. The molecule has 0 heterocycles. The van der Waals surface area contributed by atoms with Gasteiger partial charge in [-0.1, -0.05) is 38.7 Å². The van der Waals surface area contributed by atoms with Crippen LogP contribution in [-0.2, 0) is 26.6 Å². The van der Waals surface area contributed by atoms with Crippen molar-refractivity contribution >= 4 is 24.5 Å². The highest BCUT2D eigenvalue weighted by molar-refractivity contribution is 7.53. The van der Waals surface area contributed by atoms with E-state index in [9.17, 15) is 0 Å². The predicted octanol–water partition coefficient (Wildman–Crippen LogP) is 4.05. The molecule has 0 aliphatic carbocycles. The average molecular weight is 441 g/mol. The number of rotatable bonds is 19. The second kappa shape index (κ2) is 16.2. The molecule has 0 amide bonds. The lowest BCUT2D eigenvalue weighted by Gasteiger charge is -2.42. The number of hydrogen-bond acceptors (Lipinski definition) is 6. The van der Waals surface area contributed by atoms with Crippen molar-refractivity contribution in [3.05, 3.63) is 0 Å². The predicted molar refractivity (Wildman–Crippen MR) is 117 cm³/mol. The Morgan fingerprint density at radius 2 is 0.815 bits per heavy atom. The Bertz CT molecular complexity index is 289. The first kappa shape index (κ1) is 27.4. The largest absolute Gasteiger partial charge is 0.472 e. The fourth-order valence-electron chi connectivity index (χ4n) is 3.41. The Morgan fingerprint density at radius 1 is 0.481 bits per heavy atom. The minimum atomic E-state index is -2.91. The molecule has 0 rings (SSSR count). The topological polar surface area (TPSA) is 55.4 Å². The first-order valence-corrected chi connectivity index (χ1v) is 18.8. The number of unbranched alkanes of at least 4 members (excludes halogenated alkanes) is 3. The molecule has 0 saturated carbocycles. The Hall–Kier alpha value is 0.411. The Balaban J connectivity index is 6.05. The van der Waals surface area contributed by atoms with Crippen molar-refractivity contribution in [3.63, 3.8) is 0 Å². The summed E-state index contributed by atoms with van der Waals surface area (Å²) in [5, 5.41) is 0. The van der Waals surface area contributed by atoms with Crippen LogP contribution in [0.15, 0.2) is 0 Å². The van der Waals surface area contributed by atoms with Gasteiger partial charge in [0, 0.05) is 39.6 Å². The Labute approximate surface area is 171 Å². The summed E-state index contributed by atoms with van der Waals surface area (Å²) in [6.07, 6.45) is 4.76. The zero-order chi connectivity index (χ0) is 20.6. The van der Waals surface area contributed by atoms with Crippen molar-refractivity contribution in [1.29, 1.82) is 0 Å². The van der Waals surface area contributed by atoms with Crippen molar-refractivity contribution in [2.45, 2.75) is 80.2 Å². The maximum absolute atomic E-state index is 6.33. The third kappa shape index (κ3) is 8.75. The van der Waals surface area contributed by atoms with Crippen LogP contribution < -0.4 is 0 Å². The van der Waals surface area contributed by atoms with E-state index in [4.69, 9.17) is 26.6 Å². The van der Waals surface area contributed by atoms with E-state index in [0.717, 1.165) is 12.5 Å². The smallest absolute Gasteiger partial charge is 0.377 e. The SMILES string of the molecule is CCCCCC[SiH]([Si](OCC)(OCC)OCC)[Si](OCC)(OCC)OCC. The van der Waals surface area contributed by atoms with Gasteiger partial charge in [0.15, 0.2) is 0 Å². The third-order valence-electron chi connectivity index (χ3n) is 4.27. The summed E-state index contributed by atoms with van der Waals surface area (Å²) in [4.78, 5) is 0. The normalized spacial score (nSPS) is 12.9. The van der Waals surface area contributed by atoms with Gasteiger partial charge < -0.3 is 26.6 Å². The molecule has 0 aromatic carbocycles. The molecule has 0 bridgehead atoms. The summed E-state index contributed by atoms with van der Waals surface area (Å²) in [7, 11) is -7.75. The molecular weight excluding hydrogens is 396 g/mol. The highest BCUT2D eigenvalue weighted by Crippen LogP contribution is 2.29. The lowest BCUT2D eigenvalue weighted by atomic mass is 10.2. The fourth-order valence-corrected chi connectivity index (χ4v) is 29.0. The van der Waals surface area contributed by atoms with E-state index in [2.05, 4.69) is 6.92 Å². The molecule has 0 unspecified atom stereocenters. The van der Waals surface area contributed by atoms with Gasteiger partial charge in [-0.2, -0.15) is 0 Å². The standard InChI is InChI=1S/C18H44O6Si3/c1-8-15-16-17-18-25(26(19-9-2,20-10-3)21-11-4)27(22-12-5,23-13-6)24-14-7/h25H,8-18H2,1-7H3. The van der Waals surface area contributed by atoms with E-state index in [0.29, 0.717) is 39.6 Å². The molecule has 0 atom stereocenters. The quantitative estimate of drug-likeness (QED) is 0.223. The van der Waals surface area contributed by atoms with Gasteiger partial charge >= 0.3 is 16.6 Å². The molecular formula is C18H44O6Si3. The first-order chi connectivity index (χ1) is 13.1. The van der Waals surface area contributed by atoms with Gasteiger partial charge in [0.1, 0.15) is 0 Å². The first-order valence-electron chi connectivity index (χ1n) is 10.9. The van der Waals surface area contributed by atoms with E-state index >= 15 is 0 Å². The van der Waals surface area contributed by atoms with Crippen LogP contribution in [0.25, 0.3) is 0 Å². The van der Waals surface area contributed by atoms with Crippen LogP contribution in [0.1, 0.15) is 74.1 Å². The van der Waals surface area contributed by atoms with Crippen LogP contribution in [0.5, 0.6) is 0 Å². The van der Waals surface area contributed by atoms with Gasteiger partial charge in [-0.25, -0.2) is 0 Å². The van der Waals surface area contributed by atoms with E-state index in [1.54, 1.807) is 0 Å². The van der Waals surface area contributed by atoms with Crippen molar-refractivity contribution < 1.29 is 26.6 Å². The monoisotopic (exact) mass is 440 g/mol. The van der Waals surface area contributed by atoms with Crippen LogP contribution in [0, 0.1) is 0 Å². The van der Waals surface area contributed by atoms with E-state index < -0.39 is 24.5 Å². The summed E-state index contributed by atoms with van der Waals surface area (Å²) in [5.74, 6) is 0. The van der Waals surface area contributed by atoms with Crippen LogP contribution >= 0.6 is 0 Å². The average Bonchev–Trinajstić information content (AvgIpc) is 2.63. The highest BCUT2D eigenvalue weighted by atomic mass is 29.6. The summed E-state index contributed by atoms with van der Waals surface area (Å²) in [6, 6.07) is 1.01. The lowest BCUT2D eigenvalue weighted by molar-refractivity contribution is 0.0787. The van der Waals surface area contributed by atoms with Crippen molar-refractivity contribution in [3.8, 4) is 0 Å². The van der Waals surface area contributed by atoms with Gasteiger partial charge in [-0.3, -0.25) is 0 Å². The molecule has 0 fully saturated rings. The molecule has 164 valence electrons. The number of hydrogen-bond donors (Lipinski definition) is 0. The van der Waals surface area contributed by atoms with Crippen LogP contribution in [-0.4, -0.2) is 64.1 Å². The molecule has 0 saturated heterocycles. The molecule has 27 heavy (non-hydrogen) atoms. The molecule has 9 heteroatoms. The maximum Gasteiger partial charge on any atom is 0.472 e. The molecule has 0 aliphatic rings. The van der Waals surface area contributed by atoms with Crippen molar-refractivity contribution in [2.75, 3.05) is 39.6 Å². The molecule has 0 aromatic heterocycles. The Morgan fingerprint density at radius 3 is 1.07 bits per heavy atom. The summed E-state index contributed by atoms with van der Waals surface area (Å²) >= 11 is 0. The van der Waals surface area contributed by atoms with Gasteiger partial charge in [-0.05, 0) is 41.5 Å². The van der Waals surface area contributed by atoms with Gasteiger partial charge in [0.25, 0.3) is 0 Å². The van der Waals surface area contributed by atoms with Crippen molar-refractivity contribution in [1.82, 2.24) is 0 Å². The molecule has 0 aromatic rings. The molecule has 0 N–H and O–H groups in total. The van der Waals surface area contributed by atoms with E-state index in [1.807, 2.05) is 41.5 Å². The highest BCUT2D eigenvalue weighted by Gasteiger charge is 2.66.